The Kier molecular flexibility index (Phi) is 8.53. The second-order valence-electron chi connectivity index (χ2n) is 15.4. The van der Waals surface area contributed by atoms with Crippen molar-refractivity contribution >= 4 is 0 Å². The molecule has 10 rings (SSSR count). The van der Waals surface area contributed by atoms with Crippen LogP contribution in [0.15, 0.2) is 206 Å². The van der Waals surface area contributed by atoms with E-state index in [1.807, 2.05) is 6.07 Å². The maximum Gasteiger partial charge on any atom is 0.160 e. The predicted octanol–water partition coefficient (Wildman–Crippen LogP) is 14.5. The predicted molar refractivity (Wildman–Crippen MR) is 238 cm³/mol. The van der Waals surface area contributed by atoms with Gasteiger partial charge < -0.3 is 0 Å². The summed E-state index contributed by atoms with van der Waals surface area (Å²) in [6.45, 7) is 4.66. The van der Waals surface area contributed by atoms with Gasteiger partial charge in [0.05, 0.1) is 11.4 Å². The molecule has 0 amide bonds. The van der Waals surface area contributed by atoms with Gasteiger partial charge in [-0.25, -0.2) is 9.97 Å². The first-order valence-electron chi connectivity index (χ1n) is 19.6. The summed E-state index contributed by atoms with van der Waals surface area (Å²) in [5.74, 6) is 0.697. The maximum atomic E-state index is 5.21. The summed E-state index contributed by atoms with van der Waals surface area (Å²) in [4.78, 5) is 10.4. The number of rotatable bonds is 7. The number of fused-ring (bicyclic) bond motifs is 3. The molecule has 1 aromatic heterocycles. The molecule has 0 saturated carbocycles. The number of aromatic nitrogens is 2. The molecule has 0 atom stereocenters. The molecule has 1 aliphatic carbocycles. The lowest BCUT2D eigenvalue weighted by Gasteiger charge is -2.21. The van der Waals surface area contributed by atoms with Crippen LogP contribution in [0.5, 0.6) is 0 Å². The molecule has 9 aromatic rings. The van der Waals surface area contributed by atoms with Crippen LogP contribution >= 0.6 is 0 Å². The average molecular weight is 729 g/mol. The lowest BCUT2D eigenvalue weighted by atomic mass is 9.82. The molecule has 0 fully saturated rings. The van der Waals surface area contributed by atoms with Crippen molar-refractivity contribution in [3.8, 4) is 89.5 Å². The van der Waals surface area contributed by atoms with Crippen LogP contribution < -0.4 is 0 Å². The Hall–Kier alpha value is -7.16. The van der Waals surface area contributed by atoms with Gasteiger partial charge in [-0.2, -0.15) is 0 Å². The average Bonchev–Trinajstić information content (AvgIpc) is 3.52. The molecule has 270 valence electrons. The summed E-state index contributed by atoms with van der Waals surface area (Å²) in [5, 5.41) is 0. The van der Waals surface area contributed by atoms with Crippen LogP contribution in [0.4, 0.5) is 0 Å². The zero-order valence-electron chi connectivity index (χ0n) is 32.0. The molecule has 0 unspecified atom stereocenters. The van der Waals surface area contributed by atoms with Gasteiger partial charge in [0.15, 0.2) is 5.82 Å². The summed E-state index contributed by atoms with van der Waals surface area (Å²) in [7, 11) is 0. The van der Waals surface area contributed by atoms with E-state index in [4.69, 9.17) is 9.97 Å². The van der Waals surface area contributed by atoms with Gasteiger partial charge in [0, 0.05) is 22.1 Å². The van der Waals surface area contributed by atoms with Crippen molar-refractivity contribution in [2.24, 2.45) is 0 Å². The van der Waals surface area contributed by atoms with Crippen molar-refractivity contribution in [2.75, 3.05) is 0 Å². The van der Waals surface area contributed by atoms with E-state index in [0.29, 0.717) is 5.82 Å². The van der Waals surface area contributed by atoms with E-state index in [1.165, 1.54) is 44.5 Å². The Bertz CT molecular complexity index is 2810. The van der Waals surface area contributed by atoms with Crippen LogP contribution in [0.2, 0.25) is 0 Å². The normalized spacial score (nSPS) is 12.5. The van der Waals surface area contributed by atoms with Crippen molar-refractivity contribution in [3.05, 3.63) is 217 Å². The standard InChI is InChI=1S/C55H40N2/c1-55(2)50-25-10-9-24-48(50)49-35-45(30-31-51(49)55)44-21-11-18-41(32-44)39-26-28-40(29-27-39)52-36-53(46-22-12-19-42(33-46)37-14-5-3-6-15-37)57-54(56-52)47-23-13-20-43(34-47)38-16-7-4-8-17-38/h3-36H,1-2H3. The largest absolute Gasteiger partial charge is 0.228 e. The first kappa shape index (κ1) is 34.3. The monoisotopic (exact) mass is 728 g/mol. The zero-order chi connectivity index (χ0) is 38.3. The van der Waals surface area contributed by atoms with Crippen LogP contribution in [-0.4, -0.2) is 9.97 Å². The minimum Gasteiger partial charge on any atom is -0.228 e. The maximum absolute atomic E-state index is 5.21. The Morgan fingerprint density at radius 2 is 0.684 bits per heavy atom. The van der Waals surface area contributed by atoms with E-state index < -0.39 is 0 Å². The fourth-order valence-electron chi connectivity index (χ4n) is 8.44. The molecule has 0 spiro atoms. The van der Waals surface area contributed by atoms with Crippen LogP contribution in [0, 0.1) is 0 Å². The van der Waals surface area contributed by atoms with Gasteiger partial charge in [0.25, 0.3) is 0 Å². The Labute approximate surface area is 334 Å². The molecule has 1 heterocycles. The van der Waals surface area contributed by atoms with Gasteiger partial charge in [0.2, 0.25) is 0 Å². The van der Waals surface area contributed by atoms with Gasteiger partial charge in [0.1, 0.15) is 0 Å². The fourth-order valence-corrected chi connectivity index (χ4v) is 8.44. The molecule has 2 heteroatoms. The molecule has 57 heavy (non-hydrogen) atoms. The van der Waals surface area contributed by atoms with Gasteiger partial charge in [-0.1, -0.05) is 190 Å². The van der Waals surface area contributed by atoms with Crippen molar-refractivity contribution in [1.29, 1.82) is 0 Å². The van der Waals surface area contributed by atoms with E-state index in [0.717, 1.165) is 50.3 Å². The van der Waals surface area contributed by atoms with Crippen LogP contribution in [0.1, 0.15) is 25.0 Å². The third-order valence-corrected chi connectivity index (χ3v) is 11.5. The Morgan fingerprint density at radius 3 is 1.33 bits per heavy atom. The molecule has 0 bridgehead atoms. The first-order chi connectivity index (χ1) is 28.0. The van der Waals surface area contributed by atoms with Gasteiger partial charge in [-0.3, -0.25) is 0 Å². The number of hydrogen-bond donors (Lipinski definition) is 0. The SMILES string of the molecule is CC1(C)c2ccccc2-c2cc(-c3cccc(-c4ccc(-c5cc(-c6cccc(-c7ccccc7)c6)nc(-c6cccc(-c7ccccc7)c6)n5)cc4)c3)ccc21. The highest BCUT2D eigenvalue weighted by atomic mass is 14.9. The van der Waals surface area contributed by atoms with Crippen molar-refractivity contribution in [1.82, 2.24) is 9.97 Å². The minimum atomic E-state index is -0.00233. The van der Waals surface area contributed by atoms with Gasteiger partial charge >= 0.3 is 0 Å². The number of hydrogen-bond acceptors (Lipinski definition) is 2. The molecule has 8 aromatic carbocycles. The minimum absolute atomic E-state index is 0.00233. The third kappa shape index (κ3) is 6.46. The zero-order valence-corrected chi connectivity index (χ0v) is 32.0. The highest BCUT2D eigenvalue weighted by molar-refractivity contribution is 5.86. The summed E-state index contributed by atoms with van der Waals surface area (Å²) < 4.78 is 0. The van der Waals surface area contributed by atoms with E-state index in [2.05, 4.69) is 214 Å². The van der Waals surface area contributed by atoms with Crippen molar-refractivity contribution < 1.29 is 0 Å². The van der Waals surface area contributed by atoms with Gasteiger partial charge in [-0.15, -0.1) is 0 Å². The van der Waals surface area contributed by atoms with Crippen molar-refractivity contribution in [3.63, 3.8) is 0 Å². The Morgan fingerprint density at radius 1 is 0.281 bits per heavy atom. The smallest absolute Gasteiger partial charge is 0.160 e. The fraction of sp³-hybridized carbons (Fsp3) is 0.0545. The summed E-state index contributed by atoms with van der Waals surface area (Å²) >= 11 is 0. The van der Waals surface area contributed by atoms with Crippen molar-refractivity contribution in [2.45, 2.75) is 19.3 Å². The summed E-state index contributed by atoms with van der Waals surface area (Å²) in [6, 6.07) is 73.8. The van der Waals surface area contributed by atoms with Crippen LogP contribution in [0.25, 0.3) is 89.5 Å². The quantitative estimate of drug-likeness (QED) is 0.163. The second kappa shape index (κ2) is 14.2. The highest BCUT2D eigenvalue weighted by Gasteiger charge is 2.35. The topological polar surface area (TPSA) is 25.8 Å². The molecular formula is C55H40N2. The lowest BCUT2D eigenvalue weighted by molar-refractivity contribution is 0.660. The van der Waals surface area contributed by atoms with E-state index in [-0.39, 0.29) is 5.41 Å². The number of benzene rings is 8. The third-order valence-electron chi connectivity index (χ3n) is 11.5. The molecule has 2 nitrogen and oxygen atoms in total. The lowest BCUT2D eigenvalue weighted by Crippen LogP contribution is -2.14. The second-order valence-corrected chi connectivity index (χ2v) is 15.4. The highest BCUT2D eigenvalue weighted by Crippen LogP contribution is 2.49. The molecule has 1 aliphatic rings. The molecule has 0 aliphatic heterocycles. The van der Waals surface area contributed by atoms with Crippen LogP contribution in [-0.2, 0) is 5.41 Å². The van der Waals surface area contributed by atoms with E-state index in [9.17, 15) is 0 Å². The number of nitrogens with zero attached hydrogens (tertiary/aromatic N) is 2. The van der Waals surface area contributed by atoms with Crippen LogP contribution in [0.3, 0.4) is 0 Å². The first-order valence-corrected chi connectivity index (χ1v) is 19.6. The molecule has 0 saturated heterocycles. The summed E-state index contributed by atoms with van der Waals surface area (Å²) in [6.07, 6.45) is 0. The molecule has 0 radical (unpaired) electrons. The van der Waals surface area contributed by atoms with Gasteiger partial charge in [-0.05, 0) is 97.1 Å². The Balaban J connectivity index is 1.02. The molecule has 0 N–H and O–H groups in total. The van der Waals surface area contributed by atoms with E-state index in [1.54, 1.807) is 0 Å². The molecular weight excluding hydrogens is 689 g/mol. The van der Waals surface area contributed by atoms with E-state index >= 15 is 0 Å². The summed E-state index contributed by atoms with van der Waals surface area (Å²) in [5.41, 5.74) is 19.7.